The summed E-state index contributed by atoms with van der Waals surface area (Å²) in [6, 6.07) is 39.8. The number of hydrogen-bond donors (Lipinski definition) is 0. The molecule has 2 aliphatic carbocycles. The first-order valence-electron chi connectivity index (χ1n) is 14.2. The van der Waals surface area contributed by atoms with Crippen LogP contribution in [0.1, 0.15) is 42.2 Å². The van der Waals surface area contributed by atoms with E-state index in [1.807, 2.05) is 12.3 Å². The Balaban J connectivity index is 1.44. The zero-order valence-corrected chi connectivity index (χ0v) is 27.3. The number of rotatable bonds is 5. The van der Waals surface area contributed by atoms with Gasteiger partial charge in [-0.3, -0.25) is 0 Å². The van der Waals surface area contributed by atoms with Gasteiger partial charge in [0.05, 0.1) is 0 Å². The molecular weight excluding hydrogens is 580 g/mol. The van der Waals surface area contributed by atoms with Gasteiger partial charge in [0.1, 0.15) is 0 Å². The summed E-state index contributed by atoms with van der Waals surface area (Å²) >= 11 is -3.75. The Morgan fingerprint density at radius 3 is 1.70 bits per heavy atom. The van der Waals surface area contributed by atoms with E-state index in [4.69, 9.17) is 4.42 Å². The van der Waals surface area contributed by atoms with E-state index in [9.17, 15) is 0 Å². The van der Waals surface area contributed by atoms with E-state index < -0.39 is 17.4 Å². The Kier molecular flexibility index (Phi) is 6.04. The molecule has 0 fully saturated rings. The van der Waals surface area contributed by atoms with E-state index in [0.29, 0.717) is 7.25 Å². The number of benzene rings is 4. The van der Waals surface area contributed by atoms with Crippen LogP contribution < -0.4 is 0 Å². The molecule has 0 saturated heterocycles. The molecule has 0 N–H and O–H groups in total. The number of furan rings is 1. The zero-order valence-electron chi connectivity index (χ0n) is 23.4. The number of fused-ring (bicyclic) bond motifs is 2. The second kappa shape index (κ2) is 9.40. The van der Waals surface area contributed by atoms with Crippen molar-refractivity contribution < 1.29 is 21.8 Å². The quantitative estimate of drug-likeness (QED) is 0.180. The summed E-state index contributed by atoms with van der Waals surface area (Å²) in [7, 11) is 0. The SMILES string of the molecule is CC1=Cc2c(-c3ccccc3)cccc2[CH]1[Zr]([CH3])([CH3])(=[SiH2])[CH]1C(c2ccco2)=Cc2c(-c3ccccc3)cccc21. The van der Waals surface area contributed by atoms with Crippen molar-refractivity contribution in [2.75, 3.05) is 0 Å². The van der Waals surface area contributed by atoms with E-state index in [2.05, 4.69) is 138 Å². The molecule has 4 aromatic carbocycles. The molecule has 196 valence electrons. The van der Waals surface area contributed by atoms with E-state index in [1.54, 1.807) is 0 Å². The summed E-state index contributed by atoms with van der Waals surface area (Å²) < 4.78 is 12.3. The second-order valence-electron chi connectivity index (χ2n) is 12.6. The molecule has 2 aliphatic rings. The fourth-order valence-electron chi connectivity index (χ4n) is 7.80. The molecule has 0 radical (unpaired) electrons. The Morgan fingerprint density at radius 2 is 1.15 bits per heavy atom. The molecule has 1 heterocycles. The maximum atomic E-state index is 6.15. The predicted octanol–water partition coefficient (Wildman–Crippen LogP) is 9.70. The molecule has 0 amide bonds. The molecule has 7 rings (SSSR count). The van der Waals surface area contributed by atoms with E-state index in [1.165, 1.54) is 55.7 Å². The van der Waals surface area contributed by atoms with Crippen molar-refractivity contribution in [3.8, 4) is 22.3 Å². The van der Waals surface area contributed by atoms with Crippen LogP contribution in [0, 0.1) is 0 Å². The summed E-state index contributed by atoms with van der Waals surface area (Å²) in [4.78, 5) is 0. The third kappa shape index (κ3) is 3.98. The van der Waals surface area contributed by atoms with E-state index in [-0.39, 0.29) is 0 Å². The van der Waals surface area contributed by atoms with Crippen LogP contribution in [0.5, 0.6) is 0 Å². The fourth-order valence-corrected chi connectivity index (χ4v) is 27.6. The summed E-state index contributed by atoms with van der Waals surface area (Å²) in [5.74, 6) is 1.01. The normalized spacial score (nSPS) is 18.2. The first kappa shape index (κ1) is 25.7. The van der Waals surface area contributed by atoms with Gasteiger partial charge in [0.15, 0.2) is 0 Å². The monoisotopic (exact) mass is 612 g/mol. The molecule has 0 aliphatic heterocycles. The molecule has 1 nitrogen and oxygen atoms in total. The van der Waals surface area contributed by atoms with Crippen LogP contribution in [0.15, 0.2) is 125 Å². The van der Waals surface area contributed by atoms with Crippen LogP contribution >= 0.6 is 0 Å². The van der Waals surface area contributed by atoms with E-state index in [0.717, 1.165) is 5.76 Å². The van der Waals surface area contributed by atoms with Crippen LogP contribution in [0.3, 0.4) is 0 Å². The Morgan fingerprint density at radius 1 is 0.600 bits per heavy atom. The van der Waals surface area contributed by atoms with Crippen molar-refractivity contribution >= 4 is 24.6 Å². The summed E-state index contributed by atoms with van der Waals surface area (Å²) in [5, 5.41) is 0. The van der Waals surface area contributed by atoms with Gasteiger partial charge in [-0.1, -0.05) is 0 Å². The average molecular weight is 614 g/mol. The van der Waals surface area contributed by atoms with Crippen molar-refractivity contribution in [3.05, 3.63) is 149 Å². The zero-order chi connectivity index (χ0) is 27.5. The van der Waals surface area contributed by atoms with Crippen molar-refractivity contribution in [2.24, 2.45) is 0 Å². The van der Waals surface area contributed by atoms with Gasteiger partial charge in [-0.05, 0) is 0 Å². The number of hydrogen-bond acceptors (Lipinski definition) is 1. The topological polar surface area (TPSA) is 13.1 Å². The Bertz CT molecular complexity index is 1870. The van der Waals surface area contributed by atoms with Crippen molar-refractivity contribution in [3.63, 3.8) is 0 Å². The van der Waals surface area contributed by atoms with E-state index >= 15 is 0 Å². The van der Waals surface area contributed by atoms with Gasteiger partial charge in [-0.2, -0.15) is 0 Å². The molecule has 1 aromatic heterocycles. The summed E-state index contributed by atoms with van der Waals surface area (Å²) in [6.07, 6.45) is 6.76. The maximum absolute atomic E-state index is 6.15. The third-order valence-corrected chi connectivity index (χ3v) is 26.8. The van der Waals surface area contributed by atoms with Gasteiger partial charge < -0.3 is 0 Å². The van der Waals surface area contributed by atoms with Crippen LogP contribution in [-0.4, -0.2) is 6.88 Å². The minimum absolute atomic E-state index is 0.351. The molecule has 0 spiro atoms. The summed E-state index contributed by atoms with van der Waals surface area (Å²) in [6.45, 7) is 4.76. The first-order valence-corrected chi connectivity index (χ1v) is 27.9. The van der Waals surface area contributed by atoms with Crippen molar-refractivity contribution in [2.45, 2.75) is 23.4 Å². The van der Waals surface area contributed by atoms with Gasteiger partial charge in [0.25, 0.3) is 0 Å². The van der Waals surface area contributed by atoms with Gasteiger partial charge in [0, 0.05) is 0 Å². The van der Waals surface area contributed by atoms with Gasteiger partial charge >= 0.3 is 241 Å². The fraction of sp³-hybridized carbons (Fsp3) is 0.135. The van der Waals surface area contributed by atoms with Crippen LogP contribution in [-0.2, 0) is 17.4 Å². The second-order valence-corrected chi connectivity index (χ2v) is 43.1. The number of allylic oxidation sites excluding steroid dienone is 2. The van der Waals surface area contributed by atoms with Gasteiger partial charge in [-0.15, -0.1) is 0 Å². The Labute approximate surface area is 239 Å². The van der Waals surface area contributed by atoms with Gasteiger partial charge in [0.2, 0.25) is 0 Å². The molecule has 0 bridgehead atoms. The van der Waals surface area contributed by atoms with Crippen molar-refractivity contribution in [1.82, 2.24) is 0 Å². The molecule has 3 heteroatoms. The average Bonchev–Trinajstić information content (AvgIpc) is 3.70. The molecule has 2 atom stereocenters. The van der Waals surface area contributed by atoms with Crippen LogP contribution in [0.2, 0.25) is 9.26 Å². The molecule has 40 heavy (non-hydrogen) atoms. The predicted molar refractivity (Wildman–Crippen MR) is 170 cm³/mol. The molecular formula is C37H34OSiZr. The van der Waals surface area contributed by atoms with Crippen LogP contribution in [0.25, 0.3) is 40.0 Å². The molecule has 5 aromatic rings. The third-order valence-electron chi connectivity index (χ3n) is 9.21. The molecule has 2 unspecified atom stereocenters. The standard InChI is InChI=1S/C19H13O.C16H13.2CH3.H2Si.Zr/c1-2-6-14(7-3-1)17-9-4-8-15-12-16(13-18(15)17)19-10-5-11-20-19;1-12-10-14-8-5-9-15(16(14)11-12)13-6-3-2-4-7-13;;;;/h1-13H;2-11H,1H3;2*1H3;1H2;. The molecule has 0 saturated carbocycles. The van der Waals surface area contributed by atoms with Crippen LogP contribution in [0.4, 0.5) is 0 Å². The Hall–Kier alpha value is -3.26. The first-order chi connectivity index (χ1) is 19.3. The minimum atomic E-state index is -3.75. The van der Waals surface area contributed by atoms with Gasteiger partial charge in [-0.25, -0.2) is 0 Å². The summed E-state index contributed by atoms with van der Waals surface area (Å²) in [5.41, 5.74) is 13.8. The van der Waals surface area contributed by atoms with Crippen molar-refractivity contribution in [1.29, 1.82) is 0 Å².